The van der Waals surface area contributed by atoms with Crippen molar-refractivity contribution in [3.05, 3.63) is 0 Å². The molecule has 0 fully saturated rings. The Hall–Kier alpha value is 0.0449. The van der Waals surface area contributed by atoms with Crippen molar-refractivity contribution < 1.29 is 9.53 Å². The summed E-state index contributed by atoms with van der Waals surface area (Å²) in [5, 5.41) is 0.315. The van der Waals surface area contributed by atoms with E-state index in [9.17, 15) is 4.79 Å². The van der Waals surface area contributed by atoms with E-state index in [-0.39, 0.29) is 5.41 Å². The summed E-state index contributed by atoms with van der Waals surface area (Å²) < 4.78 is 5.46. The third-order valence-electron chi connectivity index (χ3n) is 2.53. The van der Waals surface area contributed by atoms with Gasteiger partial charge in [0.15, 0.2) is 7.12 Å². The van der Waals surface area contributed by atoms with Crippen LogP contribution in [0.5, 0.6) is 0 Å². The number of carbonyl (C=O) groups is 1. The van der Waals surface area contributed by atoms with Crippen molar-refractivity contribution in [2.45, 2.75) is 45.8 Å². The lowest BCUT2D eigenvalue weighted by Gasteiger charge is -2.22. The van der Waals surface area contributed by atoms with Crippen LogP contribution in [0.15, 0.2) is 0 Å². The Kier molecular flexibility index (Phi) is 7.36. The molecule has 0 aliphatic carbocycles. The average Bonchev–Trinajstić information content (AvgIpc) is 2.22. The summed E-state index contributed by atoms with van der Waals surface area (Å²) in [7, 11) is 5.39. The maximum Gasteiger partial charge on any atom is 0.162 e. The quantitative estimate of drug-likeness (QED) is 0.472. The molecule has 0 aliphatic rings. The van der Waals surface area contributed by atoms with Gasteiger partial charge in [0.2, 0.25) is 0 Å². The van der Waals surface area contributed by atoms with Gasteiger partial charge in [-0.3, -0.25) is 4.79 Å². The van der Waals surface area contributed by atoms with Crippen LogP contribution in [0.4, 0.5) is 0 Å². The van der Waals surface area contributed by atoms with Crippen LogP contribution >= 0.6 is 11.6 Å². The molecule has 15 heavy (non-hydrogen) atoms. The van der Waals surface area contributed by atoms with Crippen molar-refractivity contribution in [1.82, 2.24) is 0 Å². The van der Waals surface area contributed by atoms with Gasteiger partial charge in [-0.05, 0) is 6.42 Å². The lowest BCUT2D eigenvalue weighted by atomic mass is 9.84. The third-order valence-corrected chi connectivity index (χ3v) is 3.13. The second kappa shape index (κ2) is 7.34. The van der Waals surface area contributed by atoms with E-state index in [2.05, 4.69) is 0 Å². The van der Waals surface area contributed by atoms with E-state index in [1.165, 1.54) is 11.6 Å². The molecule has 0 spiro atoms. The Bertz CT molecular complexity index is 195. The molecule has 0 aromatic carbocycles. The van der Waals surface area contributed by atoms with Crippen LogP contribution in [0, 0.1) is 5.41 Å². The fourth-order valence-corrected chi connectivity index (χ4v) is 1.41. The Morgan fingerprint density at radius 2 is 2.13 bits per heavy atom. The zero-order chi connectivity index (χ0) is 11.9. The molecule has 1 unspecified atom stereocenters. The largest absolute Gasteiger partial charge is 0.380 e. The predicted octanol–water partition coefficient (Wildman–Crippen LogP) is 2.60. The van der Waals surface area contributed by atoms with Crippen LogP contribution in [0.3, 0.4) is 0 Å². The minimum atomic E-state index is -0.256. The van der Waals surface area contributed by atoms with Crippen molar-refractivity contribution in [3.8, 4) is 0 Å². The highest BCUT2D eigenvalue weighted by atomic mass is 32.2. The second-order valence-electron chi connectivity index (χ2n) is 4.43. The second-order valence-corrected chi connectivity index (χ2v) is 5.51. The van der Waals surface area contributed by atoms with Gasteiger partial charge in [0.1, 0.15) is 5.78 Å². The first-order valence-corrected chi connectivity index (χ1v) is 6.35. The number of carbonyl (C=O) groups excluding carboxylic acids is 1. The molecule has 0 amide bonds. The molecule has 0 rings (SSSR count). The van der Waals surface area contributed by atoms with E-state index in [4.69, 9.17) is 11.9 Å². The summed E-state index contributed by atoms with van der Waals surface area (Å²) in [4.78, 5) is 11.5. The van der Waals surface area contributed by atoms with Crippen molar-refractivity contribution in [3.63, 3.8) is 0 Å². The van der Waals surface area contributed by atoms with Crippen LogP contribution in [0.25, 0.3) is 0 Å². The number of hydrogen-bond donors (Lipinski definition) is 0. The van der Waals surface area contributed by atoms with E-state index in [0.29, 0.717) is 30.7 Å². The van der Waals surface area contributed by atoms with Crippen LogP contribution in [0.2, 0.25) is 0 Å². The van der Waals surface area contributed by atoms with Gasteiger partial charge < -0.3 is 4.74 Å². The number of hydrogen-bond acceptors (Lipinski definition) is 3. The zero-order valence-electron chi connectivity index (χ0n) is 10.2. The standard InChI is InChI=1S/C11H21BO2S/c1-5-10(13)11(3,4)6-7-14-8-9(2)15-12/h9H,5-8H2,1-4H3. The molecule has 0 aliphatic heterocycles. The molecule has 0 aromatic rings. The van der Waals surface area contributed by atoms with Gasteiger partial charge in [0.05, 0.1) is 6.61 Å². The Balaban J connectivity index is 3.71. The molecule has 0 bridgehead atoms. The normalized spacial score (nSPS) is 13.9. The van der Waals surface area contributed by atoms with Crippen LogP contribution < -0.4 is 0 Å². The molecular formula is C11H21BO2S. The third kappa shape index (κ3) is 6.26. The smallest absolute Gasteiger partial charge is 0.162 e. The van der Waals surface area contributed by atoms with Crippen molar-refractivity contribution >= 4 is 24.5 Å². The molecular weight excluding hydrogens is 207 g/mol. The van der Waals surface area contributed by atoms with Crippen LogP contribution in [-0.4, -0.2) is 31.4 Å². The molecule has 0 N–H and O–H groups in total. The van der Waals surface area contributed by atoms with Crippen molar-refractivity contribution in [2.24, 2.45) is 5.41 Å². The van der Waals surface area contributed by atoms with Gasteiger partial charge in [-0.15, -0.1) is 0 Å². The minimum Gasteiger partial charge on any atom is -0.380 e. The topological polar surface area (TPSA) is 26.3 Å². The maximum atomic E-state index is 11.5. The van der Waals surface area contributed by atoms with E-state index >= 15 is 0 Å². The molecule has 1 atom stereocenters. The number of Topliss-reactive ketones (excluding diaryl/α,β-unsaturated/α-hetero) is 1. The molecule has 2 radical (unpaired) electrons. The summed E-state index contributed by atoms with van der Waals surface area (Å²) in [6.07, 6.45) is 1.38. The van der Waals surface area contributed by atoms with E-state index in [0.717, 1.165) is 6.42 Å². The van der Waals surface area contributed by atoms with Crippen molar-refractivity contribution in [2.75, 3.05) is 13.2 Å². The zero-order valence-corrected chi connectivity index (χ0v) is 11.0. The fourth-order valence-electron chi connectivity index (χ4n) is 1.23. The first kappa shape index (κ1) is 15.0. The monoisotopic (exact) mass is 228 g/mol. The number of rotatable bonds is 8. The van der Waals surface area contributed by atoms with Gasteiger partial charge in [-0.25, -0.2) is 11.6 Å². The van der Waals surface area contributed by atoms with Gasteiger partial charge in [-0.2, -0.15) is 0 Å². The highest BCUT2D eigenvalue weighted by Gasteiger charge is 2.25. The highest BCUT2D eigenvalue weighted by molar-refractivity contribution is 8.20. The Labute approximate surface area is 98.8 Å². The van der Waals surface area contributed by atoms with Crippen LogP contribution in [-0.2, 0) is 9.53 Å². The number of ketones is 1. The SMILES string of the molecule is [B]SC(C)COCCC(C)(C)C(=O)CC. The summed E-state index contributed by atoms with van der Waals surface area (Å²) in [6, 6.07) is 0. The summed E-state index contributed by atoms with van der Waals surface area (Å²) in [5.74, 6) is 0.298. The first-order valence-electron chi connectivity index (χ1n) is 5.40. The summed E-state index contributed by atoms with van der Waals surface area (Å²) in [6.45, 7) is 9.15. The maximum absolute atomic E-state index is 11.5. The molecule has 0 aromatic heterocycles. The Morgan fingerprint density at radius 3 is 2.60 bits per heavy atom. The molecule has 86 valence electrons. The van der Waals surface area contributed by atoms with Gasteiger partial charge >= 0.3 is 0 Å². The fraction of sp³-hybridized carbons (Fsp3) is 0.909. The predicted molar refractivity (Wildman–Crippen MR) is 67.3 cm³/mol. The summed E-state index contributed by atoms with van der Waals surface area (Å²) in [5.41, 5.74) is -0.256. The summed E-state index contributed by atoms with van der Waals surface area (Å²) >= 11 is 1.30. The van der Waals surface area contributed by atoms with Gasteiger partial charge in [0, 0.05) is 23.7 Å². The van der Waals surface area contributed by atoms with Gasteiger partial charge in [0.25, 0.3) is 0 Å². The van der Waals surface area contributed by atoms with E-state index in [1.807, 2.05) is 27.7 Å². The average molecular weight is 228 g/mol. The first-order chi connectivity index (χ1) is 6.94. The lowest BCUT2D eigenvalue weighted by Crippen LogP contribution is -2.25. The minimum absolute atomic E-state index is 0.256. The molecule has 2 nitrogen and oxygen atoms in total. The highest BCUT2D eigenvalue weighted by Crippen LogP contribution is 2.23. The van der Waals surface area contributed by atoms with Gasteiger partial charge in [-0.1, -0.05) is 27.7 Å². The van der Waals surface area contributed by atoms with Crippen LogP contribution in [0.1, 0.15) is 40.5 Å². The van der Waals surface area contributed by atoms with E-state index < -0.39 is 0 Å². The molecule has 0 saturated carbocycles. The van der Waals surface area contributed by atoms with E-state index in [1.54, 1.807) is 0 Å². The molecule has 0 saturated heterocycles. The lowest BCUT2D eigenvalue weighted by molar-refractivity contribution is -0.127. The Morgan fingerprint density at radius 1 is 1.53 bits per heavy atom. The number of ether oxygens (including phenoxy) is 1. The van der Waals surface area contributed by atoms with Crippen molar-refractivity contribution in [1.29, 1.82) is 0 Å². The molecule has 4 heteroatoms. The molecule has 0 heterocycles.